The zero-order valence-electron chi connectivity index (χ0n) is 11.4. The van der Waals surface area contributed by atoms with Gasteiger partial charge >= 0.3 is 0 Å². The molecule has 0 aliphatic carbocycles. The first-order valence-electron chi connectivity index (χ1n) is 6.70. The molecule has 0 bridgehead atoms. The third-order valence-electron chi connectivity index (χ3n) is 3.56. The van der Waals surface area contributed by atoms with E-state index < -0.39 is 0 Å². The van der Waals surface area contributed by atoms with Gasteiger partial charge in [0.2, 0.25) is 0 Å². The molecule has 2 heterocycles. The van der Waals surface area contributed by atoms with Gasteiger partial charge in [0.25, 0.3) is 0 Å². The van der Waals surface area contributed by atoms with E-state index in [2.05, 4.69) is 41.2 Å². The standard InChI is InChI=1S/C16H18N2O/c1-3-19-15-9-14(10-17-11-15)12-4-5-16-13(8-12)6-7-18(16)2/h4-5,8-11H,3,6-7H2,1-2H3. The number of anilines is 1. The van der Waals surface area contributed by atoms with Crippen LogP contribution >= 0.6 is 0 Å². The van der Waals surface area contributed by atoms with Crippen LogP contribution < -0.4 is 9.64 Å². The maximum absolute atomic E-state index is 5.51. The molecule has 0 saturated heterocycles. The Morgan fingerprint density at radius 1 is 1.21 bits per heavy atom. The van der Waals surface area contributed by atoms with E-state index >= 15 is 0 Å². The Balaban J connectivity index is 1.96. The van der Waals surface area contributed by atoms with Crippen molar-refractivity contribution in [1.29, 1.82) is 0 Å². The van der Waals surface area contributed by atoms with Crippen molar-refractivity contribution >= 4 is 5.69 Å². The van der Waals surface area contributed by atoms with E-state index in [-0.39, 0.29) is 0 Å². The molecule has 1 aliphatic rings. The number of rotatable bonds is 3. The van der Waals surface area contributed by atoms with Crippen molar-refractivity contribution in [2.45, 2.75) is 13.3 Å². The third-order valence-corrected chi connectivity index (χ3v) is 3.56. The van der Waals surface area contributed by atoms with Gasteiger partial charge in [0.05, 0.1) is 12.8 Å². The van der Waals surface area contributed by atoms with Gasteiger partial charge in [-0.25, -0.2) is 0 Å². The Kier molecular flexibility index (Phi) is 3.11. The Bertz CT molecular complexity index is 595. The van der Waals surface area contributed by atoms with Crippen LogP contribution in [-0.4, -0.2) is 25.2 Å². The quantitative estimate of drug-likeness (QED) is 0.841. The van der Waals surface area contributed by atoms with E-state index in [9.17, 15) is 0 Å². The summed E-state index contributed by atoms with van der Waals surface area (Å²) >= 11 is 0. The molecule has 0 atom stereocenters. The van der Waals surface area contributed by atoms with Crippen molar-refractivity contribution < 1.29 is 4.74 Å². The largest absolute Gasteiger partial charge is 0.492 e. The molecule has 98 valence electrons. The molecule has 0 N–H and O–H groups in total. The Hall–Kier alpha value is -2.03. The lowest BCUT2D eigenvalue weighted by molar-refractivity contribution is 0.339. The predicted octanol–water partition coefficient (Wildman–Crippen LogP) is 3.14. The highest BCUT2D eigenvalue weighted by molar-refractivity contribution is 5.70. The smallest absolute Gasteiger partial charge is 0.138 e. The van der Waals surface area contributed by atoms with Gasteiger partial charge in [0, 0.05) is 31.0 Å². The second-order valence-corrected chi connectivity index (χ2v) is 4.86. The highest BCUT2D eigenvalue weighted by Gasteiger charge is 2.16. The summed E-state index contributed by atoms with van der Waals surface area (Å²) in [5.74, 6) is 0.831. The minimum absolute atomic E-state index is 0.667. The van der Waals surface area contributed by atoms with E-state index in [1.54, 1.807) is 6.20 Å². The number of likely N-dealkylation sites (N-methyl/N-ethyl adjacent to an activating group) is 1. The maximum Gasteiger partial charge on any atom is 0.138 e. The van der Waals surface area contributed by atoms with Crippen molar-refractivity contribution in [3.63, 3.8) is 0 Å². The molecule has 0 amide bonds. The Morgan fingerprint density at radius 2 is 2.11 bits per heavy atom. The molecular weight excluding hydrogens is 236 g/mol. The number of hydrogen-bond acceptors (Lipinski definition) is 3. The van der Waals surface area contributed by atoms with Gasteiger partial charge in [-0.15, -0.1) is 0 Å². The molecule has 19 heavy (non-hydrogen) atoms. The average Bonchev–Trinajstić information content (AvgIpc) is 2.81. The monoisotopic (exact) mass is 254 g/mol. The minimum Gasteiger partial charge on any atom is -0.492 e. The Morgan fingerprint density at radius 3 is 2.95 bits per heavy atom. The highest BCUT2D eigenvalue weighted by atomic mass is 16.5. The number of pyridine rings is 1. The zero-order chi connectivity index (χ0) is 13.2. The second kappa shape index (κ2) is 4.92. The van der Waals surface area contributed by atoms with Gasteiger partial charge in [0.15, 0.2) is 0 Å². The SMILES string of the molecule is CCOc1cncc(-c2ccc3c(c2)CCN3C)c1. The van der Waals surface area contributed by atoms with Crippen LogP contribution in [0.3, 0.4) is 0 Å². The summed E-state index contributed by atoms with van der Waals surface area (Å²) in [7, 11) is 2.14. The van der Waals surface area contributed by atoms with Crippen LogP contribution in [0.25, 0.3) is 11.1 Å². The van der Waals surface area contributed by atoms with Crippen molar-refractivity contribution in [1.82, 2.24) is 4.98 Å². The van der Waals surface area contributed by atoms with Crippen molar-refractivity contribution in [2.24, 2.45) is 0 Å². The van der Waals surface area contributed by atoms with Crippen molar-refractivity contribution in [2.75, 3.05) is 25.1 Å². The lowest BCUT2D eigenvalue weighted by Crippen LogP contribution is -2.12. The fourth-order valence-electron chi connectivity index (χ4n) is 2.57. The lowest BCUT2D eigenvalue weighted by atomic mass is 10.0. The normalized spacial score (nSPS) is 13.5. The molecule has 1 aromatic heterocycles. The van der Waals surface area contributed by atoms with Crippen molar-refractivity contribution in [3.05, 3.63) is 42.2 Å². The first-order chi connectivity index (χ1) is 9.28. The van der Waals surface area contributed by atoms with Gasteiger partial charge in [-0.3, -0.25) is 4.98 Å². The number of ether oxygens (including phenoxy) is 1. The molecule has 0 fully saturated rings. The molecule has 0 saturated carbocycles. The number of fused-ring (bicyclic) bond motifs is 1. The molecule has 3 nitrogen and oxygen atoms in total. The summed E-state index contributed by atoms with van der Waals surface area (Å²) in [6, 6.07) is 8.68. The molecular formula is C16H18N2O. The van der Waals surface area contributed by atoms with Crippen LogP contribution in [0.5, 0.6) is 5.75 Å². The first kappa shape index (κ1) is 12.0. The van der Waals surface area contributed by atoms with Crippen LogP contribution in [0.2, 0.25) is 0 Å². The van der Waals surface area contributed by atoms with Crippen LogP contribution in [0, 0.1) is 0 Å². The fourth-order valence-corrected chi connectivity index (χ4v) is 2.57. The first-order valence-corrected chi connectivity index (χ1v) is 6.70. The number of benzene rings is 1. The summed E-state index contributed by atoms with van der Waals surface area (Å²) in [6.45, 7) is 3.76. The summed E-state index contributed by atoms with van der Waals surface area (Å²) in [5.41, 5.74) is 5.09. The molecule has 1 aromatic carbocycles. The maximum atomic E-state index is 5.51. The average molecular weight is 254 g/mol. The third kappa shape index (κ3) is 2.28. The summed E-state index contributed by atoms with van der Waals surface area (Å²) in [6.07, 6.45) is 4.77. The van der Waals surface area contributed by atoms with Gasteiger partial charge < -0.3 is 9.64 Å². The Labute approximate surface area is 113 Å². The molecule has 2 aromatic rings. The van der Waals surface area contributed by atoms with Gasteiger partial charge in [0.1, 0.15) is 5.75 Å². The van der Waals surface area contributed by atoms with Crippen molar-refractivity contribution in [3.8, 4) is 16.9 Å². The predicted molar refractivity (Wildman–Crippen MR) is 77.8 cm³/mol. The number of hydrogen-bond donors (Lipinski definition) is 0. The van der Waals surface area contributed by atoms with E-state index in [1.807, 2.05) is 13.1 Å². The van der Waals surface area contributed by atoms with E-state index in [0.29, 0.717) is 6.61 Å². The van der Waals surface area contributed by atoms with Gasteiger partial charge in [-0.2, -0.15) is 0 Å². The molecule has 0 unspecified atom stereocenters. The molecule has 0 radical (unpaired) electrons. The summed E-state index contributed by atoms with van der Waals surface area (Å²) < 4.78 is 5.51. The van der Waals surface area contributed by atoms with Gasteiger partial charge in [-0.1, -0.05) is 6.07 Å². The van der Waals surface area contributed by atoms with Crippen LogP contribution in [0.15, 0.2) is 36.7 Å². The molecule has 0 spiro atoms. The van der Waals surface area contributed by atoms with Crippen LogP contribution in [-0.2, 0) is 6.42 Å². The second-order valence-electron chi connectivity index (χ2n) is 4.86. The number of aromatic nitrogens is 1. The van der Waals surface area contributed by atoms with Crippen LogP contribution in [0.4, 0.5) is 5.69 Å². The minimum atomic E-state index is 0.667. The van der Waals surface area contributed by atoms with Gasteiger partial charge in [-0.05, 0) is 42.7 Å². The van der Waals surface area contributed by atoms with E-state index in [1.165, 1.54) is 16.8 Å². The highest BCUT2D eigenvalue weighted by Crippen LogP contribution is 2.31. The molecule has 3 heteroatoms. The number of nitrogens with zero attached hydrogens (tertiary/aromatic N) is 2. The summed E-state index contributed by atoms with van der Waals surface area (Å²) in [4.78, 5) is 6.55. The van der Waals surface area contributed by atoms with E-state index in [0.717, 1.165) is 24.3 Å². The lowest BCUT2D eigenvalue weighted by Gasteiger charge is -2.12. The molecule has 1 aliphatic heterocycles. The summed E-state index contributed by atoms with van der Waals surface area (Å²) in [5, 5.41) is 0. The van der Waals surface area contributed by atoms with Crippen LogP contribution in [0.1, 0.15) is 12.5 Å². The zero-order valence-corrected chi connectivity index (χ0v) is 11.4. The molecule has 3 rings (SSSR count). The van der Waals surface area contributed by atoms with E-state index in [4.69, 9.17) is 4.74 Å². The fraction of sp³-hybridized carbons (Fsp3) is 0.312. The topological polar surface area (TPSA) is 25.4 Å².